The van der Waals surface area contributed by atoms with Crippen LogP contribution in [0.3, 0.4) is 0 Å². The van der Waals surface area contributed by atoms with Crippen molar-refractivity contribution in [3.8, 4) is 50.8 Å². The van der Waals surface area contributed by atoms with E-state index in [9.17, 15) is 5.26 Å². The summed E-state index contributed by atoms with van der Waals surface area (Å²) in [6.07, 6.45) is 0. The van der Waals surface area contributed by atoms with Crippen molar-refractivity contribution in [1.29, 1.82) is 5.26 Å². The van der Waals surface area contributed by atoms with Gasteiger partial charge >= 0.3 is 0 Å². The molecule has 210 valence electrons. The zero-order chi connectivity index (χ0) is 30.3. The van der Waals surface area contributed by atoms with Crippen molar-refractivity contribution in [2.24, 2.45) is 0 Å². The Morgan fingerprint density at radius 2 is 0.889 bits per heavy atom. The van der Waals surface area contributed by atoms with E-state index in [1.54, 1.807) is 0 Å². The number of nitrogens with zero attached hydrogens (tertiary/aromatic N) is 2. The molecular formula is C42H25BrN2. The first kappa shape index (κ1) is 27.0. The van der Waals surface area contributed by atoms with Crippen molar-refractivity contribution >= 4 is 48.2 Å². The summed E-state index contributed by atoms with van der Waals surface area (Å²) in [6.45, 7) is 0. The first-order valence-corrected chi connectivity index (χ1v) is 15.7. The van der Waals surface area contributed by atoms with E-state index in [0.29, 0.717) is 5.56 Å². The maximum absolute atomic E-state index is 9.27. The predicted octanol–water partition coefficient (Wildman–Crippen LogP) is 11.8. The molecule has 0 saturated carbocycles. The van der Waals surface area contributed by atoms with Crippen molar-refractivity contribution in [1.82, 2.24) is 4.98 Å². The van der Waals surface area contributed by atoms with Crippen molar-refractivity contribution in [2.45, 2.75) is 0 Å². The molecule has 0 N–H and O–H groups in total. The molecule has 0 fully saturated rings. The lowest BCUT2D eigenvalue weighted by molar-refractivity contribution is 1.32. The molecule has 0 bridgehead atoms. The zero-order valence-corrected chi connectivity index (χ0v) is 25.8. The number of nitriles is 1. The third-order valence-electron chi connectivity index (χ3n) is 8.55. The second kappa shape index (κ2) is 11.2. The Bertz CT molecular complexity index is 2400. The zero-order valence-electron chi connectivity index (χ0n) is 24.2. The Morgan fingerprint density at radius 3 is 1.53 bits per heavy atom. The van der Waals surface area contributed by atoms with Crippen LogP contribution in [0.1, 0.15) is 5.56 Å². The Kier molecular flexibility index (Phi) is 6.71. The van der Waals surface area contributed by atoms with Gasteiger partial charge in [-0.3, -0.25) is 0 Å². The number of benzene rings is 7. The lowest BCUT2D eigenvalue weighted by Crippen LogP contribution is -1.92. The molecule has 0 radical (unpaired) electrons. The molecule has 8 rings (SSSR count). The van der Waals surface area contributed by atoms with Crippen LogP contribution < -0.4 is 0 Å². The summed E-state index contributed by atoms with van der Waals surface area (Å²) in [6, 6.07) is 55.2. The first-order valence-electron chi connectivity index (χ1n) is 14.9. The highest BCUT2D eigenvalue weighted by atomic mass is 79.9. The number of halogens is 1. The molecule has 0 aliphatic rings. The second-order valence-electron chi connectivity index (χ2n) is 11.3. The van der Waals surface area contributed by atoms with Crippen LogP contribution in [0.25, 0.3) is 77.1 Å². The van der Waals surface area contributed by atoms with Gasteiger partial charge in [-0.1, -0.05) is 125 Å². The van der Waals surface area contributed by atoms with Crippen LogP contribution in [-0.4, -0.2) is 4.98 Å². The van der Waals surface area contributed by atoms with Crippen LogP contribution >= 0.6 is 15.9 Å². The molecular weight excluding hydrogens is 612 g/mol. The summed E-state index contributed by atoms with van der Waals surface area (Å²) in [5.74, 6) is 0. The summed E-state index contributed by atoms with van der Waals surface area (Å²) >= 11 is 3.67. The third kappa shape index (κ3) is 4.96. The predicted molar refractivity (Wildman–Crippen MR) is 191 cm³/mol. The monoisotopic (exact) mass is 636 g/mol. The molecule has 0 amide bonds. The topological polar surface area (TPSA) is 36.7 Å². The highest BCUT2D eigenvalue weighted by Gasteiger charge is 2.12. The lowest BCUT2D eigenvalue weighted by atomic mass is 9.92. The van der Waals surface area contributed by atoms with Gasteiger partial charge in [-0.2, -0.15) is 5.26 Å². The van der Waals surface area contributed by atoms with Crippen LogP contribution in [0.4, 0.5) is 0 Å². The van der Waals surface area contributed by atoms with Gasteiger partial charge < -0.3 is 0 Å². The van der Waals surface area contributed by atoms with Crippen LogP contribution in [0.2, 0.25) is 0 Å². The minimum atomic E-state index is 0.636. The molecule has 0 unspecified atom stereocenters. The van der Waals surface area contributed by atoms with E-state index < -0.39 is 0 Å². The smallest absolute Gasteiger partial charge is 0.0991 e. The van der Waals surface area contributed by atoms with Crippen LogP contribution in [0.5, 0.6) is 0 Å². The Labute approximate surface area is 270 Å². The highest BCUT2D eigenvalue weighted by Crippen LogP contribution is 2.38. The van der Waals surface area contributed by atoms with Gasteiger partial charge in [-0.05, 0) is 97.0 Å². The molecule has 8 aromatic rings. The van der Waals surface area contributed by atoms with Gasteiger partial charge in [-0.15, -0.1) is 0 Å². The average Bonchev–Trinajstić information content (AvgIpc) is 3.12. The second-order valence-corrected chi connectivity index (χ2v) is 12.2. The van der Waals surface area contributed by atoms with E-state index in [4.69, 9.17) is 4.98 Å². The average molecular weight is 638 g/mol. The fraction of sp³-hybridized carbons (Fsp3) is 0. The fourth-order valence-electron chi connectivity index (χ4n) is 6.28. The molecule has 2 nitrogen and oxygen atoms in total. The standard InChI is InChI=1S/C42H25BrN2/c43-34-19-21-38-37-20-18-32(22-39(37)35-8-4-5-9-36(35)40(38)25-34)29-14-16-31(17-15-29)42-24-33(28-6-2-1-3-7-28)23-41(45-42)30-12-10-27(26-44)11-13-30/h1-25H. The molecule has 1 heterocycles. The van der Waals surface area contributed by atoms with E-state index in [2.05, 4.69) is 143 Å². The molecule has 7 aromatic carbocycles. The maximum atomic E-state index is 9.27. The number of hydrogen-bond donors (Lipinski definition) is 0. The quantitative estimate of drug-likeness (QED) is 0.180. The van der Waals surface area contributed by atoms with Gasteiger partial charge in [0.1, 0.15) is 0 Å². The van der Waals surface area contributed by atoms with E-state index in [1.165, 1.54) is 37.9 Å². The van der Waals surface area contributed by atoms with E-state index in [1.807, 2.05) is 30.3 Å². The Hall–Kier alpha value is -5.56. The van der Waals surface area contributed by atoms with Crippen LogP contribution in [0, 0.1) is 11.3 Å². The molecule has 0 aliphatic heterocycles. The van der Waals surface area contributed by atoms with Crippen LogP contribution in [0.15, 0.2) is 156 Å². The van der Waals surface area contributed by atoms with E-state index in [0.717, 1.165) is 43.7 Å². The van der Waals surface area contributed by atoms with Crippen molar-refractivity contribution in [2.75, 3.05) is 0 Å². The molecule has 0 saturated heterocycles. The Morgan fingerprint density at radius 1 is 0.400 bits per heavy atom. The molecule has 0 atom stereocenters. The molecule has 1 aromatic heterocycles. The number of pyridine rings is 1. The number of rotatable bonds is 4. The third-order valence-corrected chi connectivity index (χ3v) is 9.05. The van der Waals surface area contributed by atoms with Gasteiger partial charge in [0.05, 0.1) is 23.0 Å². The van der Waals surface area contributed by atoms with Crippen molar-refractivity contribution < 1.29 is 0 Å². The largest absolute Gasteiger partial charge is 0.248 e. The minimum absolute atomic E-state index is 0.636. The van der Waals surface area contributed by atoms with Gasteiger partial charge in [0.15, 0.2) is 0 Å². The van der Waals surface area contributed by atoms with Gasteiger partial charge in [0.2, 0.25) is 0 Å². The van der Waals surface area contributed by atoms with Crippen LogP contribution in [-0.2, 0) is 0 Å². The molecule has 45 heavy (non-hydrogen) atoms. The number of hydrogen-bond acceptors (Lipinski definition) is 2. The van der Waals surface area contributed by atoms with Gasteiger partial charge in [-0.25, -0.2) is 4.98 Å². The Balaban J connectivity index is 1.22. The van der Waals surface area contributed by atoms with E-state index in [-0.39, 0.29) is 0 Å². The highest BCUT2D eigenvalue weighted by molar-refractivity contribution is 9.10. The van der Waals surface area contributed by atoms with Crippen molar-refractivity contribution in [3.05, 3.63) is 162 Å². The molecule has 0 aliphatic carbocycles. The SMILES string of the molecule is N#Cc1ccc(-c2cc(-c3ccccc3)cc(-c3ccc(-c4ccc5c6ccc(Br)cc6c6ccccc6c5c4)cc3)n2)cc1. The van der Waals surface area contributed by atoms with Crippen molar-refractivity contribution in [3.63, 3.8) is 0 Å². The summed E-state index contributed by atoms with van der Waals surface area (Å²) in [4.78, 5) is 5.08. The molecule has 0 spiro atoms. The number of aromatic nitrogens is 1. The summed E-state index contributed by atoms with van der Waals surface area (Å²) in [7, 11) is 0. The fourth-order valence-corrected chi connectivity index (χ4v) is 6.64. The summed E-state index contributed by atoms with van der Waals surface area (Å²) in [5.41, 5.74) is 9.02. The minimum Gasteiger partial charge on any atom is -0.248 e. The lowest BCUT2D eigenvalue weighted by Gasteiger charge is -2.13. The normalized spacial score (nSPS) is 11.2. The first-order chi connectivity index (χ1) is 22.1. The summed E-state index contributed by atoms with van der Waals surface area (Å²) in [5, 5.41) is 16.8. The van der Waals surface area contributed by atoms with Gasteiger partial charge in [0, 0.05) is 15.6 Å². The summed E-state index contributed by atoms with van der Waals surface area (Å²) < 4.78 is 1.09. The molecule has 3 heteroatoms. The van der Waals surface area contributed by atoms with Gasteiger partial charge in [0.25, 0.3) is 0 Å². The number of fused-ring (bicyclic) bond motifs is 6. The van der Waals surface area contributed by atoms with E-state index >= 15 is 0 Å². The maximum Gasteiger partial charge on any atom is 0.0991 e.